The molecule has 0 heterocycles. The number of benzene rings is 1. The Bertz CT molecular complexity index is 328. The molecule has 4 heteroatoms. The fourth-order valence-electron chi connectivity index (χ4n) is 1.53. The number of rotatable bonds is 8. The van der Waals surface area contributed by atoms with Crippen molar-refractivity contribution in [3.05, 3.63) is 23.8 Å². The number of methoxy groups -OCH3 is 1. The highest BCUT2D eigenvalue weighted by molar-refractivity contribution is 5.46. The first kappa shape index (κ1) is 13.8. The molecule has 96 valence electrons. The highest BCUT2D eigenvalue weighted by Crippen LogP contribution is 2.31. The van der Waals surface area contributed by atoms with Gasteiger partial charge in [0.25, 0.3) is 0 Å². The summed E-state index contributed by atoms with van der Waals surface area (Å²) in [5.41, 5.74) is 6.65. The standard InChI is InChI=1S/C13H21NO3/c1-3-16-12-7-4-6-11(10-14)13(12)17-9-5-8-15-2/h4,6-7H,3,5,8-10,14H2,1-2H3. The second-order valence-electron chi connectivity index (χ2n) is 3.58. The summed E-state index contributed by atoms with van der Waals surface area (Å²) in [5, 5.41) is 0. The fourth-order valence-corrected chi connectivity index (χ4v) is 1.53. The van der Waals surface area contributed by atoms with Crippen molar-refractivity contribution in [2.24, 2.45) is 5.73 Å². The van der Waals surface area contributed by atoms with Gasteiger partial charge in [-0.2, -0.15) is 0 Å². The average molecular weight is 239 g/mol. The minimum atomic E-state index is 0.445. The van der Waals surface area contributed by atoms with E-state index in [0.29, 0.717) is 26.4 Å². The molecule has 1 aromatic rings. The SMILES string of the molecule is CCOc1cccc(CN)c1OCCCOC. The van der Waals surface area contributed by atoms with Crippen molar-refractivity contribution >= 4 is 0 Å². The first-order chi connectivity index (χ1) is 8.33. The van der Waals surface area contributed by atoms with Crippen LogP contribution in [0.4, 0.5) is 0 Å². The second kappa shape index (κ2) is 7.92. The van der Waals surface area contributed by atoms with E-state index in [1.54, 1.807) is 7.11 Å². The van der Waals surface area contributed by atoms with Gasteiger partial charge in [0, 0.05) is 32.2 Å². The van der Waals surface area contributed by atoms with Crippen LogP contribution in [0.2, 0.25) is 0 Å². The maximum Gasteiger partial charge on any atom is 0.165 e. The lowest BCUT2D eigenvalue weighted by Crippen LogP contribution is -2.07. The van der Waals surface area contributed by atoms with E-state index in [4.69, 9.17) is 19.9 Å². The smallest absolute Gasteiger partial charge is 0.165 e. The lowest BCUT2D eigenvalue weighted by Gasteiger charge is -2.15. The van der Waals surface area contributed by atoms with Gasteiger partial charge in [0.2, 0.25) is 0 Å². The molecule has 17 heavy (non-hydrogen) atoms. The van der Waals surface area contributed by atoms with Gasteiger partial charge in [0.05, 0.1) is 13.2 Å². The zero-order valence-corrected chi connectivity index (χ0v) is 10.6. The summed E-state index contributed by atoms with van der Waals surface area (Å²) in [5.74, 6) is 1.51. The van der Waals surface area contributed by atoms with Crippen LogP contribution in [0, 0.1) is 0 Å². The predicted molar refractivity (Wildman–Crippen MR) is 67.5 cm³/mol. The molecule has 0 amide bonds. The Kier molecular flexibility index (Phi) is 6.43. The molecule has 0 spiro atoms. The summed E-state index contributed by atoms with van der Waals surface area (Å²) in [6.07, 6.45) is 0.848. The number of hydrogen-bond donors (Lipinski definition) is 1. The van der Waals surface area contributed by atoms with Gasteiger partial charge in [-0.25, -0.2) is 0 Å². The molecule has 4 nitrogen and oxygen atoms in total. The van der Waals surface area contributed by atoms with E-state index in [1.807, 2.05) is 25.1 Å². The van der Waals surface area contributed by atoms with Crippen LogP contribution in [-0.2, 0) is 11.3 Å². The zero-order valence-electron chi connectivity index (χ0n) is 10.6. The van der Waals surface area contributed by atoms with Gasteiger partial charge >= 0.3 is 0 Å². The fraction of sp³-hybridized carbons (Fsp3) is 0.538. The van der Waals surface area contributed by atoms with Crippen LogP contribution in [0.25, 0.3) is 0 Å². The summed E-state index contributed by atoms with van der Waals surface area (Å²) in [7, 11) is 1.68. The average Bonchev–Trinajstić information content (AvgIpc) is 2.36. The number of para-hydroxylation sites is 1. The van der Waals surface area contributed by atoms with E-state index in [9.17, 15) is 0 Å². The van der Waals surface area contributed by atoms with E-state index in [1.165, 1.54) is 0 Å². The maximum atomic E-state index is 5.73. The molecule has 1 aromatic carbocycles. The molecule has 0 aromatic heterocycles. The summed E-state index contributed by atoms with van der Waals surface area (Å²) in [6.45, 7) is 4.30. The molecule has 0 aliphatic heterocycles. The van der Waals surface area contributed by atoms with Gasteiger partial charge < -0.3 is 19.9 Å². The first-order valence-electron chi connectivity index (χ1n) is 5.90. The Morgan fingerprint density at radius 2 is 2.00 bits per heavy atom. The molecular formula is C13H21NO3. The van der Waals surface area contributed by atoms with E-state index in [2.05, 4.69) is 0 Å². The van der Waals surface area contributed by atoms with Gasteiger partial charge in [0.15, 0.2) is 11.5 Å². The minimum Gasteiger partial charge on any atom is -0.490 e. The molecule has 0 fully saturated rings. The van der Waals surface area contributed by atoms with Gasteiger partial charge in [-0.3, -0.25) is 0 Å². The van der Waals surface area contributed by atoms with Crippen LogP contribution in [0.3, 0.4) is 0 Å². The van der Waals surface area contributed by atoms with Crippen molar-refractivity contribution in [3.63, 3.8) is 0 Å². The summed E-state index contributed by atoms with van der Waals surface area (Å²) in [6, 6.07) is 5.78. The maximum absolute atomic E-state index is 5.73. The van der Waals surface area contributed by atoms with Crippen molar-refractivity contribution in [3.8, 4) is 11.5 Å². The summed E-state index contributed by atoms with van der Waals surface area (Å²) < 4.78 is 16.2. The topological polar surface area (TPSA) is 53.7 Å². The zero-order chi connectivity index (χ0) is 12.5. The predicted octanol–water partition coefficient (Wildman–Crippen LogP) is 1.96. The minimum absolute atomic E-state index is 0.445. The van der Waals surface area contributed by atoms with Crippen molar-refractivity contribution in [2.75, 3.05) is 26.9 Å². The van der Waals surface area contributed by atoms with E-state index >= 15 is 0 Å². The molecule has 0 radical (unpaired) electrons. The molecule has 0 saturated heterocycles. The highest BCUT2D eigenvalue weighted by atomic mass is 16.5. The van der Waals surface area contributed by atoms with Crippen LogP contribution >= 0.6 is 0 Å². The largest absolute Gasteiger partial charge is 0.490 e. The molecule has 0 aliphatic rings. The first-order valence-corrected chi connectivity index (χ1v) is 5.90. The molecule has 0 aliphatic carbocycles. The Balaban J connectivity index is 2.70. The summed E-state index contributed by atoms with van der Waals surface area (Å²) in [4.78, 5) is 0. The number of hydrogen-bond acceptors (Lipinski definition) is 4. The lowest BCUT2D eigenvalue weighted by atomic mass is 10.2. The van der Waals surface area contributed by atoms with Crippen molar-refractivity contribution in [2.45, 2.75) is 19.9 Å². The molecule has 0 atom stereocenters. The van der Waals surface area contributed by atoms with Gasteiger partial charge in [-0.05, 0) is 13.0 Å². The molecule has 0 saturated carbocycles. The van der Waals surface area contributed by atoms with Crippen molar-refractivity contribution in [1.82, 2.24) is 0 Å². The van der Waals surface area contributed by atoms with Crippen LogP contribution in [0.1, 0.15) is 18.9 Å². The Morgan fingerprint density at radius 3 is 2.65 bits per heavy atom. The molecule has 1 rings (SSSR count). The molecule has 0 bridgehead atoms. The summed E-state index contributed by atoms with van der Waals surface area (Å²) >= 11 is 0. The monoisotopic (exact) mass is 239 g/mol. The van der Waals surface area contributed by atoms with E-state index in [0.717, 1.165) is 23.5 Å². The number of nitrogens with two attached hydrogens (primary N) is 1. The van der Waals surface area contributed by atoms with Gasteiger partial charge in [-0.1, -0.05) is 12.1 Å². The third-order valence-corrected chi connectivity index (χ3v) is 2.32. The Hall–Kier alpha value is -1.26. The Labute approximate surface area is 103 Å². The van der Waals surface area contributed by atoms with Crippen molar-refractivity contribution in [1.29, 1.82) is 0 Å². The number of ether oxygens (including phenoxy) is 3. The molecule has 0 unspecified atom stereocenters. The third kappa shape index (κ3) is 4.24. The van der Waals surface area contributed by atoms with Crippen molar-refractivity contribution < 1.29 is 14.2 Å². The van der Waals surface area contributed by atoms with Crippen LogP contribution < -0.4 is 15.2 Å². The van der Waals surface area contributed by atoms with E-state index < -0.39 is 0 Å². The van der Waals surface area contributed by atoms with E-state index in [-0.39, 0.29) is 0 Å². The van der Waals surface area contributed by atoms with Crippen LogP contribution in [-0.4, -0.2) is 26.9 Å². The molecule has 2 N–H and O–H groups in total. The Morgan fingerprint density at radius 1 is 1.18 bits per heavy atom. The molecular weight excluding hydrogens is 218 g/mol. The normalized spacial score (nSPS) is 10.3. The second-order valence-corrected chi connectivity index (χ2v) is 3.58. The quantitative estimate of drug-likeness (QED) is 0.705. The van der Waals surface area contributed by atoms with Crippen LogP contribution in [0.15, 0.2) is 18.2 Å². The van der Waals surface area contributed by atoms with Gasteiger partial charge in [0.1, 0.15) is 0 Å². The lowest BCUT2D eigenvalue weighted by molar-refractivity contribution is 0.169. The van der Waals surface area contributed by atoms with Crippen LogP contribution in [0.5, 0.6) is 11.5 Å². The van der Waals surface area contributed by atoms with Gasteiger partial charge in [-0.15, -0.1) is 0 Å². The third-order valence-electron chi connectivity index (χ3n) is 2.32. The highest BCUT2D eigenvalue weighted by Gasteiger charge is 2.09.